The Morgan fingerprint density at radius 3 is 2.66 bits per heavy atom. The number of nitrogens with one attached hydrogen (secondary N) is 2. The molecule has 1 aliphatic carbocycles. The van der Waals surface area contributed by atoms with Crippen LogP contribution in [0.4, 0.5) is 11.4 Å². The summed E-state index contributed by atoms with van der Waals surface area (Å²) in [6.07, 6.45) is 6.23. The van der Waals surface area contributed by atoms with E-state index in [4.69, 9.17) is 4.74 Å². The summed E-state index contributed by atoms with van der Waals surface area (Å²) in [7, 11) is 0. The number of anilines is 2. The van der Waals surface area contributed by atoms with Gasteiger partial charge in [-0.3, -0.25) is 14.4 Å². The van der Waals surface area contributed by atoms with Gasteiger partial charge in [-0.25, -0.2) is 0 Å². The number of allylic oxidation sites excluding steroid dienone is 2. The molecule has 6 heteroatoms. The number of rotatable bonds is 7. The van der Waals surface area contributed by atoms with E-state index in [0.717, 1.165) is 18.4 Å². The van der Waals surface area contributed by atoms with Crippen LogP contribution in [0, 0.1) is 12.8 Å². The average Bonchev–Trinajstić information content (AvgIpc) is 3.20. The number of hydrogen-bond donors (Lipinski definition) is 2. The predicted octanol–water partition coefficient (Wildman–Crippen LogP) is 4.09. The smallest absolute Gasteiger partial charge is 0.306 e. The fraction of sp³-hybridized carbons (Fsp3) is 0.261. The van der Waals surface area contributed by atoms with Crippen molar-refractivity contribution in [3.8, 4) is 0 Å². The van der Waals surface area contributed by atoms with Gasteiger partial charge in [-0.15, -0.1) is 0 Å². The van der Waals surface area contributed by atoms with Crippen molar-refractivity contribution in [3.63, 3.8) is 0 Å². The highest BCUT2D eigenvalue weighted by Crippen LogP contribution is 2.21. The maximum Gasteiger partial charge on any atom is 0.306 e. The van der Waals surface area contributed by atoms with Gasteiger partial charge in [0.25, 0.3) is 11.8 Å². The van der Waals surface area contributed by atoms with E-state index < -0.39 is 11.9 Å². The largest absolute Gasteiger partial charge is 0.456 e. The maximum absolute atomic E-state index is 12.6. The molecule has 1 aliphatic rings. The highest BCUT2D eigenvalue weighted by Gasteiger charge is 2.17. The number of para-hydroxylation sites is 1. The number of carbonyl (C=O) groups excluding carboxylic acids is 3. The Hall–Kier alpha value is -3.41. The molecule has 0 spiro atoms. The molecule has 150 valence electrons. The van der Waals surface area contributed by atoms with Crippen LogP contribution in [0.1, 0.15) is 35.2 Å². The molecule has 29 heavy (non-hydrogen) atoms. The molecule has 2 aromatic carbocycles. The van der Waals surface area contributed by atoms with Gasteiger partial charge in [0, 0.05) is 5.69 Å². The minimum atomic E-state index is -0.490. The molecular formula is C23H24N2O4. The summed E-state index contributed by atoms with van der Waals surface area (Å²) < 4.78 is 5.06. The van der Waals surface area contributed by atoms with E-state index in [1.165, 1.54) is 0 Å². The molecule has 2 amide bonds. The van der Waals surface area contributed by atoms with Crippen LogP contribution in [0.2, 0.25) is 0 Å². The highest BCUT2D eigenvalue weighted by molar-refractivity contribution is 6.10. The third-order valence-corrected chi connectivity index (χ3v) is 4.63. The number of carbonyl (C=O) groups is 3. The van der Waals surface area contributed by atoms with Gasteiger partial charge in [0.2, 0.25) is 0 Å². The molecule has 2 aromatic rings. The summed E-state index contributed by atoms with van der Waals surface area (Å²) in [5, 5.41) is 5.47. The predicted molar refractivity (Wildman–Crippen MR) is 112 cm³/mol. The summed E-state index contributed by atoms with van der Waals surface area (Å²) in [4.78, 5) is 36.7. The zero-order chi connectivity index (χ0) is 20.6. The molecule has 0 saturated carbocycles. The van der Waals surface area contributed by atoms with Crippen LogP contribution in [-0.2, 0) is 14.3 Å². The van der Waals surface area contributed by atoms with Crippen molar-refractivity contribution in [2.75, 3.05) is 17.2 Å². The van der Waals surface area contributed by atoms with Gasteiger partial charge >= 0.3 is 5.97 Å². The van der Waals surface area contributed by atoms with Crippen molar-refractivity contribution in [3.05, 3.63) is 71.8 Å². The molecule has 0 radical (unpaired) electrons. The van der Waals surface area contributed by atoms with Crippen LogP contribution in [-0.4, -0.2) is 24.4 Å². The lowest BCUT2D eigenvalue weighted by Crippen LogP contribution is -2.23. The fourth-order valence-electron chi connectivity index (χ4n) is 3.18. The van der Waals surface area contributed by atoms with Crippen LogP contribution in [0.25, 0.3) is 0 Å². The lowest BCUT2D eigenvalue weighted by Gasteiger charge is -2.12. The maximum atomic E-state index is 12.6. The lowest BCUT2D eigenvalue weighted by atomic mass is 10.1. The van der Waals surface area contributed by atoms with Crippen LogP contribution in [0.5, 0.6) is 0 Å². The quantitative estimate of drug-likeness (QED) is 0.549. The Balaban J connectivity index is 1.56. The first-order valence-electron chi connectivity index (χ1n) is 9.60. The first-order chi connectivity index (χ1) is 14.0. The van der Waals surface area contributed by atoms with Crippen molar-refractivity contribution >= 4 is 29.2 Å². The van der Waals surface area contributed by atoms with E-state index in [9.17, 15) is 14.4 Å². The van der Waals surface area contributed by atoms with Crippen LogP contribution in [0.3, 0.4) is 0 Å². The van der Waals surface area contributed by atoms with Gasteiger partial charge in [-0.05, 0) is 55.5 Å². The zero-order valence-corrected chi connectivity index (χ0v) is 16.3. The van der Waals surface area contributed by atoms with E-state index in [-0.39, 0.29) is 24.9 Å². The van der Waals surface area contributed by atoms with Gasteiger partial charge in [-0.2, -0.15) is 0 Å². The number of aryl methyl sites for hydroxylation is 1. The molecule has 6 nitrogen and oxygen atoms in total. The molecule has 0 aromatic heterocycles. The highest BCUT2D eigenvalue weighted by atomic mass is 16.5. The summed E-state index contributed by atoms with van der Waals surface area (Å²) in [5.74, 6) is -1.04. The van der Waals surface area contributed by atoms with E-state index in [1.54, 1.807) is 30.3 Å². The summed E-state index contributed by atoms with van der Waals surface area (Å²) in [6, 6.07) is 14.1. The second kappa shape index (κ2) is 9.68. The van der Waals surface area contributed by atoms with Crippen molar-refractivity contribution in [2.24, 2.45) is 5.92 Å². The molecule has 2 N–H and O–H groups in total. The molecule has 1 atom stereocenters. The van der Waals surface area contributed by atoms with Gasteiger partial charge in [0.1, 0.15) is 0 Å². The van der Waals surface area contributed by atoms with Crippen LogP contribution >= 0.6 is 0 Å². The second-order valence-corrected chi connectivity index (χ2v) is 7.05. The Morgan fingerprint density at radius 2 is 1.90 bits per heavy atom. The number of benzene rings is 2. The van der Waals surface area contributed by atoms with Gasteiger partial charge in [-0.1, -0.05) is 36.4 Å². The molecule has 0 aliphatic heterocycles. The SMILES string of the molecule is Cc1cccc(NC(=O)c2ccccc2NC(=O)COC(=O)C[C@@H]2C=CCC2)c1. The van der Waals surface area contributed by atoms with Crippen LogP contribution in [0.15, 0.2) is 60.7 Å². The molecule has 0 fully saturated rings. The van der Waals surface area contributed by atoms with Gasteiger partial charge in [0.15, 0.2) is 6.61 Å². The summed E-state index contributed by atoms with van der Waals surface area (Å²) in [5.41, 5.74) is 2.38. The first-order valence-corrected chi connectivity index (χ1v) is 9.60. The molecule has 0 bridgehead atoms. The van der Waals surface area contributed by atoms with E-state index >= 15 is 0 Å². The van der Waals surface area contributed by atoms with Crippen LogP contribution < -0.4 is 10.6 Å². The minimum Gasteiger partial charge on any atom is -0.456 e. The van der Waals surface area contributed by atoms with Crippen molar-refractivity contribution in [1.82, 2.24) is 0 Å². The standard InChI is InChI=1S/C23H24N2O4/c1-16-7-6-10-18(13-16)24-23(28)19-11-4-5-12-20(19)25-21(26)15-29-22(27)14-17-8-2-3-9-17/h2,4-8,10-13,17H,3,9,14-15H2,1H3,(H,24,28)(H,25,26)/t17-/m1/s1. The zero-order valence-electron chi connectivity index (χ0n) is 16.3. The number of hydrogen-bond acceptors (Lipinski definition) is 4. The van der Waals surface area contributed by atoms with E-state index in [0.29, 0.717) is 16.9 Å². The van der Waals surface area contributed by atoms with Crippen molar-refractivity contribution in [1.29, 1.82) is 0 Å². The fourth-order valence-corrected chi connectivity index (χ4v) is 3.18. The molecular weight excluding hydrogens is 368 g/mol. The third kappa shape index (κ3) is 6.04. The Morgan fingerprint density at radius 1 is 1.07 bits per heavy atom. The monoisotopic (exact) mass is 392 g/mol. The number of esters is 1. The first kappa shape index (κ1) is 20.3. The van der Waals surface area contributed by atoms with Crippen molar-refractivity contribution < 1.29 is 19.1 Å². The lowest BCUT2D eigenvalue weighted by molar-refractivity contribution is -0.147. The molecule has 0 unspecified atom stereocenters. The summed E-state index contributed by atoms with van der Waals surface area (Å²) >= 11 is 0. The second-order valence-electron chi connectivity index (χ2n) is 7.05. The van der Waals surface area contributed by atoms with E-state index in [2.05, 4.69) is 10.6 Å². The number of ether oxygens (including phenoxy) is 1. The Kier molecular flexibility index (Phi) is 6.79. The molecule has 0 heterocycles. The molecule has 0 saturated heterocycles. The van der Waals surface area contributed by atoms with Gasteiger partial charge < -0.3 is 15.4 Å². The average molecular weight is 392 g/mol. The van der Waals surface area contributed by atoms with Crippen molar-refractivity contribution in [2.45, 2.75) is 26.2 Å². The van der Waals surface area contributed by atoms with E-state index in [1.807, 2.05) is 37.3 Å². The normalized spacial score (nSPS) is 15.0. The minimum absolute atomic E-state index is 0.191. The van der Waals surface area contributed by atoms with Gasteiger partial charge in [0.05, 0.1) is 17.7 Å². The Bertz CT molecular complexity index is 936. The molecule has 3 rings (SSSR count). The Labute approximate surface area is 170 Å². The number of amides is 2. The topological polar surface area (TPSA) is 84.5 Å². The third-order valence-electron chi connectivity index (χ3n) is 4.63. The summed E-state index contributed by atoms with van der Waals surface area (Å²) in [6.45, 7) is 1.55.